The molecule has 1 aromatic heterocycles. The van der Waals surface area contributed by atoms with Gasteiger partial charge in [0.15, 0.2) is 0 Å². The Bertz CT molecular complexity index is 1380. The number of para-hydroxylation sites is 1. The van der Waals surface area contributed by atoms with Crippen LogP contribution in [0.25, 0.3) is 16.9 Å². The standard InChI is InChI=1S/C26H22ClN5O3/c1-17-8-11-20(14-23(17)27)29-25(33)26(34)30-28-15-19-16-32(21-6-4-3-5-7-21)31-24(19)18-9-12-22(35-2)13-10-18/h3-16H,1-2H3,(H,29,33)(H,30,34). The Balaban J connectivity index is 1.53. The second kappa shape index (κ2) is 10.7. The Labute approximate surface area is 207 Å². The van der Waals surface area contributed by atoms with Gasteiger partial charge in [0.2, 0.25) is 0 Å². The van der Waals surface area contributed by atoms with E-state index >= 15 is 0 Å². The lowest BCUT2D eigenvalue weighted by atomic mass is 10.1. The van der Waals surface area contributed by atoms with Crippen LogP contribution >= 0.6 is 11.6 Å². The molecule has 1 heterocycles. The number of anilines is 1. The number of hydrogen-bond donors (Lipinski definition) is 2. The van der Waals surface area contributed by atoms with Crippen LogP contribution < -0.4 is 15.5 Å². The van der Waals surface area contributed by atoms with Crippen molar-refractivity contribution in [1.29, 1.82) is 0 Å². The lowest BCUT2D eigenvalue weighted by Gasteiger charge is -2.05. The van der Waals surface area contributed by atoms with E-state index in [2.05, 4.69) is 15.8 Å². The summed E-state index contributed by atoms with van der Waals surface area (Å²) in [5, 5.41) is 11.6. The van der Waals surface area contributed by atoms with Crippen LogP contribution in [-0.4, -0.2) is 34.9 Å². The maximum absolute atomic E-state index is 12.2. The molecule has 2 amide bonds. The van der Waals surface area contributed by atoms with Crippen molar-refractivity contribution in [3.8, 4) is 22.7 Å². The summed E-state index contributed by atoms with van der Waals surface area (Å²) in [6, 6.07) is 22.0. The van der Waals surface area contributed by atoms with E-state index in [0.29, 0.717) is 22.0 Å². The largest absolute Gasteiger partial charge is 0.497 e. The number of hydrazone groups is 1. The van der Waals surface area contributed by atoms with Crippen molar-refractivity contribution >= 4 is 35.3 Å². The fourth-order valence-corrected chi connectivity index (χ4v) is 3.42. The van der Waals surface area contributed by atoms with E-state index in [4.69, 9.17) is 21.4 Å². The Morgan fingerprint density at radius 1 is 1.03 bits per heavy atom. The molecule has 0 spiro atoms. The molecule has 0 radical (unpaired) electrons. The maximum atomic E-state index is 12.2. The van der Waals surface area contributed by atoms with Gasteiger partial charge in [0.05, 0.1) is 19.0 Å². The van der Waals surface area contributed by atoms with Crippen molar-refractivity contribution in [1.82, 2.24) is 15.2 Å². The van der Waals surface area contributed by atoms with Gasteiger partial charge in [-0.1, -0.05) is 35.9 Å². The molecule has 8 nitrogen and oxygen atoms in total. The second-order valence-corrected chi connectivity index (χ2v) is 7.97. The number of halogens is 1. The molecule has 0 saturated carbocycles. The van der Waals surface area contributed by atoms with Crippen molar-refractivity contribution in [2.45, 2.75) is 6.92 Å². The van der Waals surface area contributed by atoms with E-state index in [1.54, 1.807) is 36.2 Å². The highest BCUT2D eigenvalue weighted by atomic mass is 35.5. The molecule has 4 rings (SSSR count). The molecular formula is C26H22ClN5O3. The number of carbonyl (C=O) groups is 2. The molecule has 4 aromatic rings. The quantitative estimate of drug-likeness (QED) is 0.236. The van der Waals surface area contributed by atoms with E-state index in [1.165, 1.54) is 6.21 Å². The fraction of sp³-hybridized carbons (Fsp3) is 0.0769. The first-order valence-corrected chi connectivity index (χ1v) is 11.0. The van der Waals surface area contributed by atoms with Crippen LogP contribution in [0.4, 0.5) is 5.69 Å². The molecule has 2 N–H and O–H groups in total. The van der Waals surface area contributed by atoms with Gasteiger partial charge in [-0.05, 0) is 61.0 Å². The molecule has 0 aliphatic heterocycles. The van der Waals surface area contributed by atoms with Gasteiger partial charge < -0.3 is 10.1 Å². The summed E-state index contributed by atoms with van der Waals surface area (Å²) in [5.74, 6) is -1.06. The molecule has 0 unspecified atom stereocenters. The minimum absolute atomic E-state index is 0.413. The van der Waals surface area contributed by atoms with Crippen molar-refractivity contribution in [2.75, 3.05) is 12.4 Å². The number of aromatic nitrogens is 2. The highest BCUT2D eigenvalue weighted by Crippen LogP contribution is 2.25. The number of methoxy groups -OCH3 is 1. The zero-order valence-electron chi connectivity index (χ0n) is 19.0. The summed E-state index contributed by atoms with van der Waals surface area (Å²) in [6.07, 6.45) is 3.23. The van der Waals surface area contributed by atoms with Gasteiger partial charge >= 0.3 is 11.8 Å². The predicted molar refractivity (Wildman–Crippen MR) is 136 cm³/mol. The monoisotopic (exact) mass is 487 g/mol. The zero-order chi connectivity index (χ0) is 24.8. The molecule has 3 aromatic carbocycles. The van der Waals surface area contributed by atoms with Gasteiger partial charge in [-0.15, -0.1) is 0 Å². The molecule has 0 saturated heterocycles. The number of hydrogen-bond acceptors (Lipinski definition) is 5. The molecule has 0 aliphatic rings. The van der Waals surface area contributed by atoms with Crippen molar-refractivity contribution < 1.29 is 14.3 Å². The molecule has 0 aliphatic carbocycles. The van der Waals surface area contributed by atoms with Crippen LogP contribution in [0.2, 0.25) is 5.02 Å². The first-order chi connectivity index (χ1) is 16.9. The Hall–Kier alpha value is -4.43. The first-order valence-electron chi connectivity index (χ1n) is 10.6. The van der Waals surface area contributed by atoms with E-state index in [1.807, 2.05) is 61.5 Å². The smallest absolute Gasteiger partial charge is 0.329 e. The van der Waals surface area contributed by atoms with Crippen molar-refractivity contribution in [3.05, 3.63) is 95.1 Å². The summed E-state index contributed by atoms with van der Waals surface area (Å²) in [5.41, 5.74) is 6.52. The summed E-state index contributed by atoms with van der Waals surface area (Å²) < 4.78 is 6.95. The molecule has 176 valence electrons. The lowest BCUT2D eigenvalue weighted by Crippen LogP contribution is -2.32. The molecule has 9 heteroatoms. The molecule has 0 bridgehead atoms. The summed E-state index contributed by atoms with van der Waals surface area (Å²) in [6.45, 7) is 1.84. The SMILES string of the molecule is COc1ccc(-c2nn(-c3ccccc3)cc2C=NNC(=O)C(=O)Nc2ccc(C)c(Cl)c2)cc1. The van der Waals surface area contributed by atoms with Gasteiger partial charge in [-0.25, -0.2) is 10.1 Å². The average molecular weight is 488 g/mol. The summed E-state index contributed by atoms with van der Waals surface area (Å²) in [4.78, 5) is 24.5. The Kier molecular flexibility index (Phi) is 7.23. The lowest BCUT2D eigenvalue weighted by molar-refractivity contribution is -0.136. The van der Waals surface area contributed by atoms with Gasteiger partial charge in [-0.2, -0.15) is 10.2 Å². The number of amides is 2. The zero-order valence-corrected chi connectivity index (χ0v) is 19.8. The van der Waals surface area contributed by atoms with E-state index in [0.717, 1.165) is 22.6 Å². The number of benzene rings is 3. The van der Waals surface area contributed by atoms with E-state index in [-0.39, 0.29) is 0 Å². The highest BCUT2D eigenvalue weighted by Gasteiger charge is 2.15. The van der Waals surface area contributed by atoms with Crippen LogP contribution in [0, 0.1) is 6.92 Å². The normalized spacial score (nSPS) is 10.8. The Morgan fingerprint density at radius 3 is 2.46 bits per heavy atom. The number of carbonyl (C=O) groups excluding carboxylic acids is 2. The third-order valence-corrected chi connectivity index (χ3v) is 5.54. The summed E-state index contributed by atoms with van der Waals surface area (Å²) >= 11 is 6.07. The van der Waals surface area contributed by atoms with Crippen molar-refractivity contribution in [2.24, 2.45) is 5.10 Å². The average Bonchev–Trinajstić information content (AvgIpc) is 3.31. The molecule has 0 atom stereocenters. The van der Waals surface area contributed by atoms with Gasteiger partial charge in [-0.3, -0.25) is 9.59 Å². The molecular weight excluding hydrogens is 466 g/mol. The topological polar surface area (TPSA) is 97.6 Å². The van der Waals surface area contributed by atoms with Crippen LogP contribution in [-0.2, 0) is 9.59 Å². The highest BCUT2D eigenvalue weighted by molar-refractivity contribution is 6.39. The predicted octanol–water partition coefficient (Wildman–Crippen LogP) is 4.60. The van der Waals surface area contributed by atoms with Crippen LogP contribution in [0.15, 0.2) is 84.1 Å². The molecule has 35 heavy (non-hydrogen) atoms. The first kappa shape index (κ1) is 23.7. The summed E-state index contributed by atoms with van der Waals surface area (Å²) in [7, 11) is 1.60. The number of rotatable bonds is 6. The minimum Gasteiger partial charge on any atom is -0.497 e. The number of ether oxygens (including phenoxy) is 1. The maximum Gasteiger partial charge on any atom is 0.329 e. The van der Waals surface area contributed by atoms with Crippen molar-refractivity contribution in [3.63, 3.8) is 0 Å². The third kappa shape index (κ3) is 5.74. The van der Waals surface area contributed by atoms with Gasteiger partial charge in [0.1, 0.15) is 11.4 Å². The number of aryl methyl sites for hydroxylation is 1. The van der Waals surface area contributed by atoms with Gasteiger partial charge in [0.25, 0.3) is 0 Å². The Morgan fingerprint density at radius 2 is 1.77 bits per heavy atom. The number of nitrogens with zero attached hydrogens (tertiary/aromatic N) is 3. The van der Waals surface area contributed by atoms with Crippen LogP contribution in [0.5, 0.6) is 5.75 Å². The van der Waals surface area contributed by atoms with Crippen LogP contribution in [0.1, 0.15) is 11.1 Å². The van der Waals surface area contributed by atoms with E-state index in [9.17, 15) is 9.59 Å². The van der Waals surface area contributed by atoms with E-state index < -0.39 is 11.8 Å². The molecule has 0 fully saturated rings. The number of nitrogens with one attached hydrogen (secondary N) is 2. The van der Waals surface area contributed by atoms with Gasteiger partial charge in [0, 0.05) is 28.0 Å². The van der Waals surface area contributed by atoms with Crippen LogP contribution in [0.3, 0.4) is 0 Å². The fourth-order valence-electron chi connectivity index (χ4n) is 3.24. The third-order valence-electron chi connectivity index (χ3n) is 5.13. The minimum atomic E-state index is -0.917. The second-order valence-electron chi connectivity index (χ2n) is 7.56.